The Labute approximate surface area is 120 Å². The molecule has 3 heteroatoms. The van der Waals surface area contributed by atoms with Crippen LogP contribution in [-0.4, -0.2) is 24.1 Å². The first kappa shape index (κ1) is 14.4. The summed E-state index contributed by atoms with van der Waals surface area (Å²) in [7, 11) is 4.12. The Bertz CT molecular complexity index is 562. The molecule has 2 aromatic carbocycles. The van der Waals surface area contributed by atoms with Gasteiger partial charge in [-0.15, -0.1) is 0 Å². The van der Waals surface area contributed by atoms with E-state index in [0.29, 0.717) is 12.3 Å². The minimum Gasteiger partial charge on any atom is -0.507 e. The van der Waals surface area contributed by atoms with Crippen LogP contribution in [0.15, 0.2) is 42.5 Å². The lowest BCUT2D eigenvalue weighted by molar-refractivity contribution is 0.402. The highest BCUT2D eigenvalue weighted by atomic mass is 16.3. The van der Waals surface area contributed by atoms with E-state index in [1.165, 1.54) is 5.56 Å². The maximum absolute atomic E-state index is 9.97. The molecule has 0 heterocycles. The van der Waals surface area contributed by atoms with E-state index < -0.39 is 0 Å². The number of para-hydroxylation sites is 1. The summed E-state index contributed by atoms with van der Waals surface area (Å²) < 4.78 is 0. The van der Waals surface area contributed by atoms with Crippen LogP contribution < -0.4 is 5.32 Å². The van der Waals surface area contributed by atoms with Crippen molar-refractivity contribution in [2.24, 2.45) is 0 Å². The van der Waals surface area contributed by atoms with E-state index >= 15 is 0 Å². The molecular formula is C17H22N2O. The van der Waals surface area contributed by atoms with E-state index in [1.807, 2.05) is 25.1 Å². The van der Waals surface area contributed by atoms with Crippen molar-refractivity contribution in [3.8, 4) is 5.75 Å². The van der Waals surface area contributed by atoms with Crippen LogP contribution in [0.1, 0.15) is 16.7 Å². The maximum Gasteiger partial charge on any atom is 0.123 e. The molecule has 0 saturated heterocycles. The monoisotopic (exact) mass is 270 g/mol. The van der Waals surface area contributed by atoms with Gasteiger partial charge in [-0.1, -0.05) is 30.3 Å². The number of phenols is 1. The normalized spacial score (nSPS) is 10.8. The summed E-state index contributed by atoms with van der Waals surface area (Å²) >= 11 is 0. The molecule has 0 spiro atoms. The van der Waals surface area contributed by atoms with Gasteiger partial charge in [0, 0.05) is 24.3 Å². The summed E-state index contributed by atoms with van der Waals surface area (Å²) in [6.45, 7) is 3.48. The van der Waals surface area contributed by atoms with Crippen LogP contribution in [0.3, 0.4) is 0 Å². The van der Waals surface area contributed by atoms with Gasteiger partial charge in [-0.05, 0) is 44.3 Å². The highest BCUT2D eigenvalue weighted by molar-refractivity contribution is 5.47. The minimum absolute atomic E-state index is 0.379. The molecule has 0 aromatic heterocycles. The van der Waals surface area contributed by atoms with Crippen molar-refractivity contribution >= 4 is 5.69 Å². The fraction of sp³-hybridized carbons (Fsp3) is 0.294. The quantitative estimate of drug-likeness (QED) is 0.874. The second kappa shape index (κ2) is 6.44. The predicted molar refractivity (Wildman–Crippen MR) is 84.0 cm³/mol. The maximum atomic E-state index is 9.97. The molecule has 0 aliphatic rings. The molecule has 0 amide bonds. The number of aryl methyl sites for hydroxylation is 1. The zero-order chi connectivity index (χ0) is 14.5. The number of benzene rings is 2. The van der Waals surface area contributed by atoms with Crippen molar-refractivity contribution in [1.82, 2.24) is 4.90 Å². The lowest BCUT2D eigenvalue weighted by Crippen LogP contribution is -2.10. The Morgan fingerprint density at radius 3 is 2.40 bits per heavy atom. The first-order chi connectivity index (χ1) is 9.56. The van der Waals surface area contributed by atoms with Gasteiger partial charge in [0.1, 0.15) is 5.75 Å². The molecule has 0 unspecified atom stereocenters. The van der Waals surface area contributed by atoms with E-state index in [0.717, 1.165) is 23.4 Å². The molecule has 2 aromatic rings. The van der Waals surface area contributed by atoms with Gasteiger partial charge in [-0.3, -0.25) is 0 Å². The van der Waals surface area contributed by atoms with Crippen molar-refractivity contribution in [3.63, 3.8) is 0 Å². The summed E-state index contributed by atoms with van der Waals surface area (Å²) in [4.78, 5) is 2.15. The lowest BCUT2D eigenvalue weighted by Gasteiger charge is -2.12. The molecule has 3 nitrogen and oxygen atoms in total. The van der Waals surface area contributed by atoms with Crippen LogP contribution >= 0.6 is 0 Å². The van der Waals surface area contributed by atoms with E-state index in [9.17, 15) is 5.11 Å². The van der Waals surface area contributed by atoms with E-state index in [4.69, 9.17) is 0 Å². The largest absolute Gasteiger partial charge is 0.507 e. The third-order valence-electron chi connectivity index (χ3n) is 3.26. The number of nitrogens with zero attached hydrogens (tertiary/aromatic N) is 1. The standard InChI is InChI=1S/C17H22N2O/c1-13-5-4-6-15(17(13)20)11-18-16-9-7-14(8-10-16)12-19(2)3/h4-10,18,20H,11-12H2,1-3H3. The summed E-state index contributed by atoms with van der Waals surface area (Å²) in [6.07, 6.45) is 0. The summed E-state index contributed by atoms with van der Waals surface area (Å²) in [6, 6.07) is 14.2. The smallest absolute Gasteiger partial charge is 0.123 e. The molecule has 20 heavy (non-hydrogen) atoms. The van der Waals surface area contributed by atoms with Crippen molar-refractivity contribution in [2.45, 2.75) is 20.0 Å². The molecule has 0 fully saturated rings. The Kier molecular flexibility index (Phi) is 4.64. The van der Waals surface area contributed by atoms with Crippen LogP contribution in [-0.2, 0) is 13.1 Å². The van der Waals surface area contributed by atoms with Gasteiger partial charge < -0.3 is 15.3 Å². The van der Waals surface area contributed by atoms with E-state index in [-0.39, 0.29) is 0 Å². The minimum atomic E-state index is 0.379. The first-order valence-electron chi connectivity index (χ1n) is 6.81. The number of phenolic OH excluding ortho intramolecular Hbond substituents is 1. The number of rotatable bonds is 5. The number of hydrogen-bond donors (Lipinski definition) is 2. The lowest BCUT2D eigenvalue weighted by atomic mass is 10.1. The fourth-order valence-electron chi connectivity index (χ4n) is 2.15. The Morgan fingerprint density at radius 1 is 1.05 bits per heavy atom. The Balaban J connectivity index is 1.99. The Morgan fingerprint density at radius 2 is 1.75 bits per heavy atom. The SMILES string of the molecule is Cc1cccc(CNc2ccc(CN(C)C)cc2)c1O. The van der Waals surface area contributed by atoms with Gasteiger partial charge in [0.05, 0.1) is 0 Å². The van der Waals surface area contributed by atoms with Gasteiger partial charge in [0.25, 0.3) is 0 Å². The van der Waals surface area contributed by atoms with Gasteiger partial charge in [-0.2, -0.15) is 0 Å². The zero-order valence-corrected chi connectivity index (χ0v) is 12.4. The average Bonchev–Trinajstić information content (AvgIpc) is 2.41. The summed E-state index contributed by atoms with van der Waals surface area (Å²) in [5.41, 5.74) is 4.18. The van der Waals surface area contributed by atoms with E-state index in [1.54, 1.807) is 0 Å². The van der Waals surface area contributed by atoms with Gasteiger partial charge in [-0.25, -0.2) is 0 Å². The number of nitrogens with one attached hydrogen (secondary N) is 1. The van der Waals surface area contributed by atoms with Crippen LogP contribution in [0.5, 0.6) is 5.75 Å². The van der Waals surface area contributed by atoms with Gasteiger partial charge in [0.2, 0.25) is 0 Å². The predicted octanol–water partition coefficient (Wildman–Crippen LogP) is 3.37. The van der Waals surface area contributed by atoms with Crippen LogP contribution in [0.4, 0.5) is 5.69 Å². The molecule has 0 atom stereocenters. The highest BCUT2D eigenvalue weighted by Crippen LogP contribution is 2.22. The molecule has 0 aliphatic heterocycles. The molecule has 2 N–H and O–H groups in total. The third kappa shape index (κ3) is 3.75. The molecule has 0 bridgehead atoms. The highest BCUT2D eigenvalue weighted by Gasteiger charge is 2.03. The van der Waals surface area contributed by atoms with Crippen LogP contribution in [0.25, 0.3) is 0 Å². The number of hydrogen-bond acceptors (Lipinski definition) is 3. The molecule has 0 saturated carbocycles. The number of anilines is 1. The zero-order valence-electron chi connectivity index (χ0n) is 12.4. The van der Waals surface area contributed by atoms with Crippen molar-refractivity contribution in [3.05, 3.63) is 59.2 Å². The molecule has 0 aliphatic carbocycles. The van der Waals surface area contributed by atoms with Crippen molar-refractivity contribution in [2.75, 3.05) is 19.4 Å². The molecular weight excluding hydrogens is 248 g/mol. The van der Waals surface area contributed by atoms with Gasteiger partial charge >= 0.3 is 0 Å². The second-order valence-corrected chi connectivity index (χ2v) is 5.37. The third-order valence-corrected chi connectivity index (χ3v) is 3.26. The first-order valence-corrected chi connectivity index (χ1v) is 6.81. The summed E-state index contributed by atoms with van der Waals surface area (Å²) in [5, 5.41) is 13.3. The molecule has 106 valence electrons. The Hall–Kier alpha value is -2.00. The van der Waals surface area contributed by atoms with Gasteiger partial charge in [0.15, 0.2) is 0 Å². The summed E-state index contributed by atoms with van der Waals surface area (Å²) in [5.74, 6) is 0.379. The average molecular weight is 270 g/mol. The van der Waals surface area contributed by atoms with Crippen LogP contribution in [0.2, 0.25) is 0 Å². The van der Waals surface area contributed by atoms with Crippen molar-refractivity contribution < 1.29 is 5.11 Å². The van der Waals surface area contributed by atoms with Crippen molar-refractivity contribution in [1.29, 1.82) is 0 Å². The molecule has 0 radical (unpaired) electrons. The van der Waals surface area contributed by atoms with Crippen LogP contribution in [0, 0.1) is 6.92 Å². The molecule has 2 rings (SSSR count). The second-order valence-electron chi connectivity index (χ2n) is 5.37. The van der Waals surface area contributed by atoms with E-state index in [2.05, 4.69) is 48.6 Å². The number of aromatic hydroxyl groups is 1. The topological polar surface area (TPSA) is 35.5 Å². The fourth-order valence-corrected chi connectivity index (χ4v) is 2.15.